The number of nitrogens with one attached hydrogen (secondary N) is 1. The molecule has 0 unspecified atom stereocenters. The highest BCUT2D eigenvalue weighted by atomic mass is 16.1. The summed E-state index contributed by atoms with van der Waals surface area (Å²) in [4.78, 5) is 17.6. The number of carbonyl (C=O) groups excluding carboxylic acids is 1. The standard InChI is InChI=1S/C23H18N2O/c1-16-14-15-18-10-7-13-21(22(18)24-16)25-23(26)20-12-6-5-11-19(20)17-8-3-2-4-9-17/h2-15H,1H3,(H,25,26). The van der Waals surface area contributed by atoms with E-state index in [1.165, 1.54) is 0 Å². The third-order valence-electron chi connectivity index (χ3n) is 4.36. The smallest absolute Gasteiger partial charge is 0.256 e. The molecule has 0 aliphatic carbocycles. The first-order chi connectivity index (χ1) is 12.7. The number of hydrogen-bond acceptors (Lipinski definition) is 2. The molecular weight excluding hydrogens is 320 g/mol. The van der Waals surface area contributed by atoms with Crippen molar-refractivity contribution in [3.8, 4) is 11.1 Å². The highest BCUT2D eigenvalue weighted by Gasteiger charge is 2.14. The summed E-state index contributed by atoms with van der Waals surface area (Å²) in [6.45, 7) is 1.95. The molecule has 1 amide bonds. The lowest BCUT2D eigenvalue weighted by molar-refractivity contribution is 0.102. The first kappa shape index (κ1) is 16.0. The molecule has 0 radical (unpaired) electrons. The Balaban J connectivity index is 1.74. The maximum atomic E-state index is 13.0. The Hall–Kier alpha value is -3.46. The molecule has 0 spiro atoms. The number of benzene rings is 3. The van der Waals surface area contributed by atoms with Crippen molar-refractivity contribution >= 4 is 22.5 Å². The maximum absolute atomic E-state index is 13.0. The second-order valence-electron chi connectivity index (χ2n) is 6.20. The molecule has 0 atom stereocenters. The van der Waals surface area contributed by atoms with Crippen LogP contribution in [0.5, 0.6) is 0 Å². The van der Waals surface area contributed by atoms with Gasteiger partial charge in [-0.25, -0.2) is 0 Å². The van der Waals surface area contributed by atoms with Crippen molar-refractivity contribution in [2.75, 3.05) is 5.32 Å². The lowest BCUT2D eigenvalue weighted by Gasteiger charge is -2.12. The molecule has 1 aromatic heterocycles. The van der Waals surface area contributed by atoms with Crippen LogP contribution in [-0.2, 0) is 0 Å². The topological polar surface area (TPSA) is 42.0 Å². The summed E-state index contributed by atoms with van der Waals surface area (Å²) in [5, 5.41) is 4.04. The third-order valence-corrected chi connectivity index (χ3v) is 4.36. The molecule has 0 fully saturated rings. The molecule has 1 N–H and O–H groups in total. The van der Waals surface area contributed by atoms with E-state index >= 15 is 0 Å². The first-order valence-electron chi connectivity index (χ1n) is 8.54. The van der Waals surface area contributed by atoms with E-state index in [1.807, 2.05) is 91.9 Å². The van der Waals surface area contributed by atoms with Gasteiger partial charge in [0.1, 0.15) is 0 Å². The average Bonchev–Trinajstić information content (AvgIpc) is 2.69. The predicted molar refractivity (Wildman–Crippen MR) is 106 cm³/mol. The minimum atomic E-state index is -0.139. The summed E-state index contributed by atoms with van der Waals surface area (Å²) in [6.07, 6.45) is 0. The summed E-state index contributed by atoms with van der Waals surface area (Å²) in [5.41, 5.74) is 5.02. The van der Waals surface area contributed by atoms with Crippen molar-refractivity contribution in [1.82, 2.24) is 4.98 Å². The van der Waals surface area contributed by atoms with Crippen LogP contribution >= 0.6 is 0 Å². The van der Waals surface area contributed by atoms with Crippen LogP contribution in [0, 0.1) is 6.92 Å². The summed E-state index contributed by atoms with van der Waals surface area (Å²) < 4.78 is 0. The van der Waals surface area contributed by atoms with Gasteiger partial charge in [-0.3, -0.25) is 9.78 Å². The number of aryl methyl sites for hydroxylation is 1. The van der Waals surface area contributed by atoms with E-state index in [-0.39, 0.29) is 5.91 Å². The average molecular weight is 338 g/mol. The molecule has 0 bridgehead atoms. The van der Waals surface area contributed by atoms with Gasteiger partial charge in [0, 0.05) is 16.6 Å². The molecule has 4 rings (SSSR count). The number of hydrogen-bond donors (Lipinski definition) is 1. The zero-order valence-corrected chi connectivity index (χ0v) is 14.4. The van der Waals surface area contributed by atoms with E-state index in [1.54, 1.807) is 0 Å². The molecule has 3 nitrogen and oxygen atoms in total. The number of amides is 1. The van der Waals surface area contributed by atoms with Gasteiger partial charge in [0.25, 0.3) is 5.91 Å². The van der Waals surface area contributed by atoms with Gasteiger partial charge in [-0.2, -0.15) is 0 Å². The van der Waals surface area contributed by atoms with E-state index < -0.39 is 0 Å². The fourth-order valence-corrected chi connectivity index (χ4v) is 3.09. The Kier molecular flexibility index (Phi) is 4.20. The zero-order chi connectivity index (χ0) is 17.9. The minimum absolute atomic E-state index is 0.139. The molecular formula is C23H18N2O. The zero-order valence-electron chi connectivity index (χ0n) is 14.4. The Morgan fingerprint density at radius 2 is 1.58 bits per heavy atom. The number of aromatic nitrogens is 1. The molecule has 0 aliphatic heterocycles. The number of rotatable bonds is 3. The highest BCUT2D eigenvalue weighted by molar-refractivity contribution is 6.11. The van der Waals surface area contributed by atoms with Crippen LogP contribution < -0.4 is 5.32 Å². The van der Waals surface area contributed by atoms with Gasteiger partial charge in [0.15, 0.2) is 0 Å². The SMILES string of the molecule is Cc1ccc2cccc(NC(=O)c3ccccc3-c3ccccc3)c2n1. The van der Waals surface area contributed by atoms with Crippen molar-refractivity contribution in [3.63, 3.8) is 0 Å². The fraction of sp³-hybridized carbons (Fsp3) is 0.0435. The monoisotopic (exact) mass is 338 g/mol. The summed E-state index contributed by atoms with van der Waals surface area (Å²) in [7, 11) is 0. The van der Waals surface area contributed by atoms with Gasteiger partial charge in [-0.15, -0.1) is 0 Å². The van der Waals surface area contributed by atoms with Crippen molar-refractivity contribution < 1.29 is 4.79 Å². The van der Waals surface area contributed by atoms with Crippen LogP contribution in [0.3, 0.4) is 0 Å². The summed E-state index contributed by atoms with van der Waals surface area (Å²) in [6, 6.07) is 27.4. The highest BCUT2D eigenvalue weighted by Crippen LogP contribution is 2.26. The van der Waals surface area contributed by atoms with Crippen molar-refractivity contribution in [2.45, 2.75) is 6.92 Å². The summed E-state index contributed by atoms with van der Waals surface area (Å²) >= 11 is 0. The predicted octanol–water partition coefficient (Wildman–Crippen LogP) is 5.46. The number of nitrogens with zero attached hydrogens (tertiary/aromatic N) is 1. The minimum Gasteiger partial charge on any atom is -0.320 e. The Morgan fingerprint density at radius 1 is 0.808 bits per heavy atom. The van der Waals surface area contributed by atoms with Crippen LogP contribution in [0.1, 0.15) is 16.1 Å². The van der Waals surface area contributed by atoms with Gasteiger partial charge < -0.3 is 5.32 Å². The first-order valence-corrected chi connectivity index (χ1v) is 8.54. The molecule has 0 saturated carbocycles. The number of anilines is 1. The van der Waals surface area contributed by atoms with E-state index in [0.717, 1.165) is 33.4 Å². The molecule has 0 aliphatic rings. The number of pyridine rings is 1. The molecule has 0 saturated heterocycles. The van der Waals surface area contributed by atoms with Crippen LogP contribution in [0.2, 0.25) is 0 Å². The second-order valence-corrected chi connectivity index (χ2v) is 6.20. The Morgan fingerprint density at radius 3 is 2.42 bits per heavy atom. The van der Waals surface area contributed by atoms with Gasteiger partial charge >= 0.3 is 0 Å². The van der Waals surface area contributed by atoms with Gasteiger partial charge in [0.2, 0.25) is 0 Å². The third kappa shape index (κ3) is 3.07. The number of para-hydroxylation sites is 1. The normalized spacial score (nSPS) is 10.7. The molecule has 3 aromatic carbocycles. The van der Waals surface area contributed by atoms with Crippen LogP contribution in [0.15, 0.2) is 84.9 Å². The van der Waals surface area contributed by atoms with E-state index in [9.17, 15) is 4.79 Å². The molecule has 126 valence electrons. The van der Waals surface area contributed by atoms with Gasteiger partial charge in [0.05, 0.1) is 11.2 Å². The molecule has 26 heavy (non-hydrogen) atoms. The number of fused-ring (bicyclic) bond motifs is 1. The van der Waals surface area contributed by atoms with Gasteiger partial charge in [-0.05, 0) is 36.2 Å². The summed E-state index contributed by atoms with van der Waals surface area (Å²) in [5.74, 6) is -0.139. The van der Waals surface area contributed by atoms with Crippen LogP contribution in [-0.4, -0.2) is 10.9 Å². The molecule has 4 aromatic rings. The Bertz CT molecular complexity index is 1090. The van der Waals surface area contributed by atoms with Crippen molar-refractivity contribution in [1.29, 1.82) is 0 Å². The van der Waals surface area contributed by atoms with Crippen LogP contribution in [0.4, 0.5) is 5.69 Å². The van der Waals surface area contributed by atoms with Crippen molar-refractivity contribution in [3.05, 3.63) is 96.2 Å². The van der Waals surface area contributed by atoms with Crippen molar-refractivity contribution in [2.24, 2.45) is 0 Å². The van der Waals surface area contributed by atoms with Crippen LogP contribution in [0.25, 0.3) is 22.0 Å². The lowest BCUT2D eigenvalue weighted by Crippen LogP contribution is -2.13. The lowest BCUT2D eigenvalue weighted by atomic mass is 9.99. The van der Waals surface area contributed by atoms with Gasteiger partial charge in [-0.1, -0.05) is 66.7 Å². The molecule has 1 heterocycles. The number of carbonyl (C=O) groups is 1. The quantitative estimate of drug-likeness (QED) is 0.539. The largest absolute Gasteiger partial charge is 0.320 e. The van der Waals surface area contributed by atoms with E-state index in [4.69, 9.17) is 0 Å². The van der Waals surface area contributed by atoms with E-state index in [0.29, 0.717) is 5.56 Å². The second kappa shape index (κ2) is 6.81. The maximum Gasteiger partial charge on any atom is 0.256 e. The fourth-order valence-electron chi connectivity index (χ4n) is 3.09. The van der Waals surface area contributed by atoms with E-state index in [2.05, 4.69) is 10.3 Å². The molecule has 3 heteroatoms. The Labute approximate surface area is 152 Å².